The van der Waals surface area contributed by atoms with E-state index in [0.717, 1.165) is 10.9 Å². The topological polar surface area (TPSA) is 97.3 Å². The van der Waals surface area contributed by atoms with Crippen molar-refractivity contribution in [3.8, 4) is 5.75 Å². The lowest BCUT2D eigenvalue weighted by Gasteiger charge is -2.20. The van der Waals surface area contributed by atoms with Gasteiger partial charge in [0.05, 0.1) is 24.7 Å². The molecule has 2 aromatic rings. The Labute approximate surface area is 201 Å². The number of hydrogen-bond donors (Lipinski definition) is 0. The van der Waals surface area contributed by atoms with E-state index in [0.29, 0.717) is 5.39 Å². The number of halogens is 1. The molecule has 0 saturated heterocycles. The number of hydrogen-bond acceptors (Lipinski definition) is 7. The SMILES string of the molecule is COC(=O)[C@@H](C)c1ccc2c(Cl)c(O[P+]([O-])=N[C@H](C(=O)OCC(C)(C)C)C(C)C)ccc2c1. The van der Waals surface area contributed by atoms with Crippen molar-refractivity contribution in [2.45, 2.75) is 53.5 Å². The second-order valence-electron chi connectivity index (χ2n) is 9.40. The molecule has 0 amide bonds. The average molecular weight is 496 g/mol. The number of nitrogens with zero attached hydrogens (tertiary/aromatic N) is 1. The molecule has 3 atom stereocenters. The van der Waals surface area contributed by atoms with Gasteiger partial charge in [0.1, 0.15) is 0 Å². The van der Waals surface area contributed by atoms with E-state index < -0.39 is 26.1 Å². The van der Waals surface area contributed by atoms with Gasteiger partial charge in [0, 0.05) is 5.39 Å². The molecule has 0 bridgehead atoms. The largest absolute Gasteiger partial charge is 0.575 e. The summed E-state index contributed by atoms with van der Waals surface area (Å²) in [6.07, 6.45) is 0. The Bertz CT molecular complexity index is 1050. The van der Waals surface area contributed by atoms with Gasteiger partial charge < -0.3 is 14.4 Å². The molecular formula is C24H31ClNO6P. The van der Waals surface area contributed by atoms with Gasteiger partial charge in [-0.15, -0.1) is 0 Å². The standard InChI is InChI=1S/C24H31ClNO6P/c1-14(2)21(23(28)31-13-24(4,5)6)26-33(29)32-19-11-9-17-12-16(15(3)22(27)30-7)8-10-18(17)20(19)25/h8-12,14-15,21H,13H2,1-7H3/t15-,21-/m0/s1. The molecule has 1 unspecified atom stereocenters. The number of rotatable bonds is 8. The predicted octanol–water partition coefficient (Wildman–Crippen LogP) is 5.62. The molecular weight excluding hydrogens is 465 g/mol. The maximum absolute atomic E-state index is 12.6. The molecule has 0 aliphatic carbocycles. The fourth-order valence-corrected chi connectivity index (χ4v) is 4.24. The van der Waals surface area contributed by atoms with Crippen molar-refractivity contribution in [2.24, 2.45) is 16.1 Å². The normalized spacial score (nSPS) is 14.2. The number of benzene rings is 2. The summed E-state index contributed by atoms with van der Waals surface area (Å²) in [7, 11) is -1.22. The van der Waals surface area contributed by atoms with Gasteiger partial charge in [-0.05, 0) is 35.3 Å². The molecule has 0 spiro atoms. The lowest BCUT2D eigenvalue weighted by Crippen LogP contribution is -2.30. The van der Waals surface area contributed by atoms with Crippen LogP contribution in [0.1, 0.15) is 53.0 Å². The third kappa shape index (κ3) is 7.39. The van der Waals surface area contributed by atoms with Crippen LogP contribution in [-0.4, -0.2) is 31.7 Å². The van der Waals surface area contributed by atoms with Crippen LogP contribution in [0.15, 0.2) is 35.1 Å². The zero-order chi connectivity index (χ0) is 24.9. The van der Waals surface area contributed by atoms with Crippen molar-refractivity contribution in [3.05, 3.63) is 40.9 Å². The highest BCUT2D eigenvalue weighted by molar-refractivity contribution is 7.34. The Morgan fingerprint density at radius 3 is 2.36 bits per heavy atom. The van der Waals surface area contributed by atoms with Crippen molar-refractivity contribution < 1.29 is 28.5 Å². The van der Waals surface area contributed by atoms with Crippen LogP contribution in [0.4, 0.5) is 0 Å². The van der Waals surface area contributed by atoms with Crippen LogP contribution in [-0.2, 0) is 19.1 Å². The minimum Gasteiger partial charge on any atom is -0.575 e. The van der Waals surface area contributed by atoms with E-state index in [2.05, 4.69) is 4.74 Å². The van der Waals surface area contributed by atoms with Crippen LogP contribution in [0.25, 0.3) is 10.8 Å². The van der Waals surface area contributed by atoms with E-state index in [1.54, 1.807) is 45.0 Å². The maximum atomic E-state index is 12.6. The molecule has 0 aromatic heterocycles. The first-order chi connectivity index (χ1) is 15.3. The molecule has 7 nitrogen and oxygen atoms in total. The van der Waals surface area contributed by atoms with Gasteiger partial charge in [0.25, 0.3) is 0 Å². The second-order valence-corrected chi connectivity index (χ2v) is 10.7. The van der Waals surface area contributed by atoms with E-state index in [9.17, 15) is 14.5 Å². The number of carbonyl (C=O) groups excluding carboxylic acids is 2. The number of methoxy groups -OCH3 is 1. The van der Waals surface area contributed by atoms with E-state index in [-0.39, 0.29) is 34.7 Å². The number of fused-ring (bicyclic) bond motifs is 1. The molecule has 0 saturated carbocycles. The van der Waals surface area contributed by atoms with E-state index >= 15 is 0 Å². The fraction of sp³-hybridized carbons (Fsp3) is 0.500. The van der Waals surface area contributed by atoms with Crippen molar-refractivity contribution in [1.29, 1.82) is 0 Å². The van der Waals surface area contributed by atoms with Crippen LogP contribution < -0.4 is 9.42 Å². The lowest BCUT2D eigenvalue weighted by atomic mass is 9.98. The maximum Gasteiger partial charge on any atom is 0.395 e. The second kappa shape index (κ2) is 11.3. The summed E-state index contributed by atoms with van der Waals surface area (Å²) < 4.78 is 19.7. The highest BCUT2D eigenvalue weighted by Crippen LogP contribution is 2.38. The van der Waals surface area contributed by atoms with Crippen molar-refractivity contribution in [2.75, 3.05) is 13.7 Å². The van der Waals surface area contributed by atoms with Gasteiger partial charge in [-0.3, -0.25) is 9.32 Å². The van der Waals surface area contributed by atoms with Gasteiger partial charge >= 0.3 is 20.1 Å². The van der Waals surface area contributed by atoms with E-state index in [1.165, 1.54) is 7.11 Å². The molecule has 0 N–H and O–H groups in total. The number of carbonyl (C=O) groups is 2. The zero-order valence-corrected chi connectivity index (χ0v) is 21.7. The lowest BCUT2D eigenvalue weighted by molar-refractivity contribution is -0.170. The summed E-state index contributed by atoms with van der Waals surface area (Å²) in [5.74, 6) is -1.33. The third-order valence-corrected chi connectivity index (χ3v) is 6.09. The van der Waals surface area contributed by atoms with Gasteiger partial charge in [-0.25, -0.2) is 4.79 Å². The zero-order valence-electron chi connectivity index (χ0n) is 20.0. The highest BCUT2D eigenvalue weighted by atomic mass is 35.5. The molecule has 9 heteroatoms. The first-order valence-electron chi connectivity index (χ1n) is 10.7. The van der Waals surface area contributed by atoms with Crippen LogP contribution in [0.5, 0.6) is 5.75 Å². The first-order valence-corrected chi connectivity index (χ1v) is 12.2. The summed E-state index contributed by atoms with van der Waals surface area (Å²) in [6, 6.07) is 7.82. The smallest absolute Gasteiger partial charge is 0.395 e. The summed E-state index contributed by atoms with van der Waals surface area (Å²) in [5, 5.41) is 1.72. The molecule has 0 fully saturated rings. The summed E-state index contributed by atoms with van der Waals surface area (Å²) in [4.78, 5) is 36.9. The quantitative estimate of drug-likeness (QED) is 0.348. The number of esters is 2. The predicted molar refractivity (Wildman–Crippen MR) is 128 cm³/mol. The minimum atomic E-state index is -2.57. The molecule has 0 heterocycles. The van der Waals surface area contributed by atoms with E-state index in [4.69, 9.17) is 25.6 Å². The molecule has 2 rings (SSSR count). The Morgan fingerprint density at radius 2 is 1.79 bits per heavy atom. The van der Waals surface area contributed by atoms with Crippen LogP contribution in [0.2, 0.25) is 5.02 Å². The Hall–Kier alpha value is -2.21. The monoisotopic (exact) mass is 495 g/mol. The van der Waals surface area contributed by atoms with Gasteiger partial charge in [0.2, 0.25) is 5.75 Å². The van der Waals surface area contributed by atoms with Crippen molar-refractivity contribution >= 4 is 42.5 Å². The Kier molecular flexibility index (Phi) is 9.24. The average Bonchev–Trinajstić information content (AvgIpc) is 2.75. The first kappa shape index (κ1) is 27.0. The van der Waals surface area contributed by atoms with Crippen molar-refractivity contribution in [3.63, 3.8) is 0 Å². The van der Waals surface area contributed by atoms with Crippen LogP contribution >= 0.6 is 19.8 Å². The van der Waals surface area contributed by atoms with Gasteiger partial charge in [-0.2, -0.15) is 0 Å². The molecule has 2 aromatic carbocycles. The van der Waals surface area contributed by atoms with Crippen molar-refractivity contribution in [1.82, 2.24) is 0 Å². The summed E-state index contributed by atoms with van der Waals surface area (Å²) in [5.41, 5.74) is 0.594. The van der Waals surface area contributed by atoms with Gasteiger partial charge in [-0.1, -0.05) is 75.2 Å². The summed E-state index contributed by atoms with van der Waals surface area (Å²) in [6.45, 7) is 11.4. The molecule has 0 radical (unpaired) electrons. The van der Waals surface area contributed by atoms with Crippen LogP contribution in [0.3, 0.4) is 0 Å². The van der Waals surface area contributed by atoms with E-state index in [1.807, 2.05) is 26.8 Å². The summed E-state index contributed by atoms with van der Waals surface area (Å²) >= 11 is 6.49. The molecule has 33 heavy (non-hydrogen) atoms. The Morgan fingerprint density at radius 1 is 1.12 bits per heavy atom. The molecule has 0 aliphatic rings. The molecule has 180 valence electrons. The number of ether oxygens (including phenoxy) is 2. The fourth-order valence-electron chi connectivity index (χ4n) is 2.98. The van der Waals surface area contributed by atoms with Crippen LogP contribution in [0, 0.1) is 11.3 Å². The molecule has 0 aliphatic heterocycles. The Balaban J connectivity index is 2.25. The minimum absolute atomic E-state index is 0.188. The van der Waals surface area contributed by atoms with Gasteiger partial charge in [0.15, 0.2) is 6.04 Å². The highest BCUT2D eigenvalue weighted by Gasteiger charge is 2.29. The third-order valence-electron chi connectivity index (χ3n) is 4.91.